The number of carbonyl (C=O) groups excluding carboxylic acids is 1. The van der Waals surface area contributed by atoms with E-state index in [4.69, 9.17) is 10.8 Å². The topological polar surface area (TPSA) is 117 Å². The molecular weight excluding hydrogens is 224 g/mol. The summed E-state index contributed by atoms with van der Waals surface area (Å²) in [6, 6.07) is 0.777. The molecule has 0 spiro atoms. The molecule has 0 saturated heterocycles. The molecule has 7 nitrogen and oxygen atoms in total. The average molecular weight is 238 g/mol. The molecule has 1 rings (SSSR count). The number of amides is 1. The van der Waals surface area contributed by atoms with Gasteiger partial charge in [0.25, 0.3) is 0 Å². The third-order valence-electron chi connectivity index (χ3n) is 2.16. The van der Waals surface area contributed by atoms with E-state index in [0.717, 1.165) is 0 Å². The maximum absolute atomic E-state index is 11.3. The molecule has 0 aliphatic rings. The van der Waals surface area contributed by atoms with Crippen LogP contribution in [0.3, 0.4) is 0 Å². The number of carboxylic acids is 1. The Hall–Kier alpha value is -2.31. The molecule has 7 heteroatoms. The number of hydrogen-bond donors (Lipinski definition) is 4. The second-order valence-electron chi connectivity index (χ2n) is 3.45. The summed E-state index contributed by atoms with van der Waals surface area (Å²) in [5, 5.41) is 14.0. The normalized spacial score (nSPS) is 11.6. The molecule has 0 saturated carbocycles. The number of nitrogen functional groups attached to an aromatic ring is 1. The average Bonchev–Trinajstić information content (AvgIpc) is 2.30. The van der Waals surface area contributed by atoms with Crippen molar-refractivity contribution in [3.8, 4) is 0 Å². The van der Waals surface area contributed by atoms with Gasteiger partial charge in [-0.25, -0.2) is 9.78 Å². The minimum Gasteiger partial charge on any atom is -0.478 e. The monoisotopic (exact) mass is 238 g/mol. The van der Waals surface area contributed by atoms with E-state index < -0.39 is 12.0 Å². The Morgan fingerprint density at radius 3 is 2.65 bits per heavy atom. The Morgan fingerprint density at radius 2 is 2.18 bits per heavy atom. The minimum atomic E-state index is -1.10. The van der Waals surface area contributed by atoms with Crippen LogP contribution in [0.1, 0.15) is 17.3 Å². The number of hydrogen-bond acceptors (Lipinski definition) is 5. The van der Waals surface area contributed by atoms with Crippen molar-refractivity contribution in [3.05, 3.63) is 17.8 Å². The van der Waals surface area contributed by atoms with E-state index in [1.54, 1.807) is 6.92 Å². The molecule has 0 fully saturated rings. The van der Waals surface area contributed by atoms with Gasteiger partial charge in [0.1, 0.15) is 11.9 Å². The van der Waals surface area contributed by atoms with Gasteiger partial charge in [-0.1, -0.05) is 0 Å². The number of aromatic carboxylic acids is 1. The van der Waals surface area contributed by atoms with Gasteiger partial charge in [-0.05, 0) is 13.0 Å². The van der Waals surface area contributed by atoms with Gasteiger partial charge < -0.3 is 21.5 Å². The molecule has 0 bridgehead atoms. The van der Waals surface area contributed by atoms with Gasteiger partial charge in [0.05, 0.1) is 11.3 Å². The smallest absolute Gasteiger partial charge is 0.337 e. The first-order chi connectivity index (χ1) is 7.95. The van der Waals surface area contributed by atoms with Crippen LogP contribution in [0.5, 0.6) is 0 Å². The van der Waals surface area contributed by atoms with Crippen molar-refractivity contribution in [1.82, 2.24) is 10.3 Å². The Labute approximate surface area is 98.0 Å². The van der Waals surface area contributed by atoms with Gasteiger partial charge in [0.15, 0.2) is 0 Å². The number of rotatable bonds is 4. The van der Waals surface area contributed by atoms with Gasteiger partial charge >= 0.3 is 5.97 Å². The molecule has 1 amide bonds. The molecule has 1 atom stereocenters. The summed E-state index contributed by atoms with van der Waals surface area (Å²) in [4.78, 5) is 25.8. The number of nitrogens with one attached hydrogen (secondary N) is 2. The van der Waals surface area contributed by atoms with Crippen LogP contribution in [0, 0.1) is 0 Å². The fourth-order valence-electron chi connectivity index (χ4n) is 1.21. The third kappa shape index (κ3) is 3.07. The highest BCUT2D eigenvalue weighted by molar-refractivity contribution is 5.90. The lowest BCUT2D eigenvalue weighted by Gasteiger charge is -2.14. The summed E-state index contributed by atoms with van der Waals surface area (Å²) < 4.78 is 0. The van der Waals surface area contributed by atoms with Gasteiger partial charge in [0.2, 0.25) is 5.91 Å². The molecule has 17 heavy (non-hydrogen) atoms. The van der Waals surface area contributed by atoms with Crippen molar-refractivity contribution < 1.29 is 14.7 Å². The number of likely N-dealkylation sites (N-methyl/N-ethyl adjacent to an activating group) is 1. The summed E-state index contributed by atoms with van der Waals surface area (Å²) in [5.74, 6) is -1.03. The van der Waals surface area contributed by atoms with E-state index in [1.807, 2.05) is 0 Å². The fraction of sp³-hybridized carbons (Fsp3) is 0.300. The zero-order valence-corrected chi connectivity index (χ0v) is 9.52. The Balaban J connectivity index is 2.86. The van der Waals surface area contributed by atoms with Crippen molar-refractivity contribution in [1.29, 1.82) is 0 Å². The summed E-state index contributed by atoms with van der Waals surface area (Å²) >= 11 is 0. The number of anilines is 2. The quantitative estimate of drug-likeness (QED) is 0.582. The molecule has 1 unspecified atom stereocenters. The first kappa shape index (κ1) is 12.8. The number of nitrogens with two attached hydrogens (primary N) is 1. The van der Waals surface area contributed by atoms with E-state index in [2.05, 4.69) is 15.6 Å². The van der Waals surface area contributed by atoms with Crippen molar-refractivity contribution in [2.45, 2.75) is 13.0 Å². The minimum absolute atomic E-state index is 0.000598. The van der Waals surface area contributed by atoms with Crippen LogP contribution in [0.25, 0.3) is 0 Å². The highest BCUT2D eigenvalue weighted by Gasteiger charge is 2.14. The maximum Gasteiger partial charge on any atom is 0.337 e. The standard InChI is InChI=1S/C10H14N4O3/c1-5(9(15)12-2)14-8-7(11)3-6(4-13-8)10(16)17/h3-5H,11H2,1-2H3,(H,12,15)(H,13,14)(H,16,17). The van der Waals surface area contributed by atoms with E-state index in [1.165, 1.54) is 19.3 Å². The van der Waals surface area contributed by atoms with Crippen LogP contribution in [0.15, 0.2) is 12.3 Å². The summed E-state index contributed by atoms with van der Waals surface area (Å²) in [7, 11) is 1.52. The van der Waals surface area contributed by atoms with Crippen LogP contribution >= 0.6 is 0 Å². The Bertz CT molecular complexity index is 447. The lowest BCUT2D eigenvalue weighted by atomic mass is 10.2. The molecule has 0 aliphatic heterocycles. The predicted octanol–water partition coefficient (Wildman–Crippen LogP) is -0.0916. The highest BCUT2D eigenvalue weighted by atomic mass is 16.4. The van der Waals surface area contributed by atoms with Crippen LogP contribution in [-0.2, 0) is 4.79 Å². The van der Waals surface area contributed by atoms with Crippen LogP contribution in [0.2, 0.25) is 0 Å². The first-order valence-corrected chi connectivity index (χ1v) is 4.92. The summed E-state index contributed by atoms with van der Waals surface area (Å²) in [5.41, 5.74) is 5.81. The van der Waals surface area contributed by atoms with Crippen molar-refractivity contribution >= 4 is 23.4 Å². The number of carboxylic acid groups (broad SMARTS) is 1. The molecule has 5 N–H and O–H groups in total. The molecule has 1 heterocycles. The molecule has 0 radical (unpaired) electrons. The summed E-state index contributed by atoms with van der Waals surface area (Å²) in [6.07, 6.45) is 1.18. The van der Waals surface area contributed by atoms with Gasteiger partial charge in [-0.2, -0.15) is 0 Å². The predicted molar refractivity (Wildman–Crippen MR) is 62.8 cm³/mol. The zero-order valence-electron chi connectivity index (χ0n) is 9.52. The molecular formula is C10H14N4O3. The number of pyridine rings is 1. The lowest BCUT2D eigenvalue weighted by molar-refractivity contribution is -0.121. The number of nitrogens with zero attached hydrogens (tertiary/aromatic N) is 1. The largest absolute Gasteiger partial charge is 0.478 e. The Morgan fingerprint density at radius 1 is 1.53 bits per heavy atom. The van der Waals surface area contributed by atoms with Crippen molar-refractivity contribution in [3.63, 3.8) is 0 Å². The SMILES string of the molecule is CNC(=O)C(C)Nc1ncc(C(=O)O)cc1N. The number of carbonyl (C=O) groups is 2. The van der Waals surface area contributed by atoms with Crippen LogP contribution in [0.4, 0.5) is 11.5 Å². The fourth-order valence-corrected chi connectivity index (χ4v) is 1.21. The molecule has 1 aromatic rings. The second-order valence-corrected chi connectivity index (χ2v) is 3.45. The molecule has 92 valence electrons. The van der Waals surface area contributed by atoms with Crippen LogP contribution in [-0.4, -0.2) is 35.1 Å². The van der Waals surface area contributed by atoms with Crippen LogP contribution < -0.4 is 16.4 Å². The van der Waals surface area contributed by atoms with E-state index in [-0.39, 0.29) is 23.0 Å². The van der Waals surface area contributed by atoms with Crippen molar-refractivity contribution in [2.75, 3.05) is 18.1 Å². The number of aromatic nitrogens is 1. The van der Waals surface area contributed by atoms with Gasteiger partial charge in [0, 0.05) is 13.2 Å². The zero-order chi connectivity index (χ0) is 13.0. The van der Waals surface area contributed by atoms with E-state index in [9.17, 15) is 9.59 Å². The van der Waals surface area contributed by atoms with Gasteiger partial charge in [-0.3, -0.25) is 4.79 Å². The first-order valence-electron chi connectivity index (χ1n) is 4.92. The van der Waals surface area contributed by atoms with E-state index in [0.29, 0.717) is 0 Å². The Kier molecular flexibility index (Phi) is 3.86. The third-order valence-corrected chi connectivity index (χ3v) is 2.16. The second kappa shape index (κ2) is 5.15. The maximum atomic E-state index is 11.3. The van der Waals surface area contributed by atoms with Crippen molar-refractivity contribution in [2.24, 2.45) is 0 Å². The molecule has 1 aromatic heterocycles. The lowest BCUT2D eigenvalue weighted by Crippen LogP contribution is -2.35. The van der Waals surface area contributed by atoms with Gasteiger partial charge in [-0.15, -0.1) is 0 Å². The molecule has 0 aromatic carbocycles. The summed E-state index contributed by atoms with van der Waals surface area (Å²) in [6.45, 7) is 1.64. The molecule has 0 aliphatic carbocycles. The van der Waals surface area contributed by atoms with E-state index >= 15 is 0 Å². The highest BCUT2D eigenvalue weighted by Crippen LogP contribution is 2.17.